The fourth-order valence-electron chi connectivity index (χ4n) is 0.809. The molecule has 0 spiro atoms. The first-order chi connectivity index (χ1) is 5.86. The summed E-state index contributed by atoms with van der Waals surface area (Å²) in [4.78, 5) is 13.3. The van der Waals surface area contributed by atoms with Gasteiger partial charge < -0.3 is 15.4 Å². The third kappa shape index (κ3) is 2.97. The molecule has 4 nitrogen and oxygen atoms in total. The highest BCUT2D eigenvalue weighted by molar-refractivity contribution is 5.81. The quantitative estimate of drug-likeness (QED) is 0.686. The van der Waals surface area contributed by atoms with Gasteiger partial charge in [-0.2, -0.15) is 0 Å². The standard InChI is InChI=1S/C9H20N2O2/c1-7(13-5)8(12)11(4)9(2,3)6-10/h7H,6,10H2,1-5H3. The van der Waals surface area contributed by atoms with Crippen molar-refractivity contribution in [2.45, 2.75) is 32.4 Å². The molecule has 2 N–H and O–H groups in total. The lowest BCUT2D eigenvalue weighted by atomic mass is 10.0. The molecule has 0 aromatic carbocycles. The van der Waals surface area contributed by atoms with Crippen LogP contribution in [-0.2, 0) is 9.53 Å². The van der Waals surface area contributed by atoms with E-state index in [0.29, 0.717) is 6.54 Å². The Balaban J connectivity index is 4.42. The molecular formula is C9H20N2O2. The van der Waals surface area contributed by atoms with Crippen molar-refractivity contribution in [1.29, 1.82) is 0 Å². The Morgan fingerprint density at radius 1 is 1.62 bits per heavy atom. The van der Waals surface area contributed by atoms with Crippen LogP contribution < -0.4 is 5.73 Å². The van der Waals surface area contributed by atoms with Crippen LogP contribution in [0.2, 0.25) is 0 Å². The average molecular weight is 188 g/mol. The lowest BCUT2D eigenvalue weighted by molar-refractivity contribution is -0.144. The molecule has 0 heterocycles. The summed E-state index contributed by atoms with van der Waals surface area (Å²) < 4.78 is 4.94. The second kappa shape index (κ2) is 4.58. The fraction of sp³-hybridized carbons (Fsp3) is 0.889. The van der Waals surface area contributed by atoms with E-state index in [-0.39, 0.29) is 11.4 Å². The number of nitrogens with two attached hydrogens (primary N) is 1. The average Bonchev–Trinajstić information content (AvgIpc) is 2.14. The van der Waals surface area contributed by atoms with Gasteiger partial charge in [-0.3, -0.25) is 4.79 Å². The predicted molar refractivity (Wildman–Crippen MR) is 52.4 cm³/mol. The summed E-state index contributed by atoms with van der Waals surface area (Å²) in [7, 11) is 3.26. The van der Waals surface area contributed by atoms with Crippen LogP contribution in [0.15, 0.2) is 0 Å². The minimum atomic E-state index is -0.407. The highest BCUT2D eigenvalue weighted by atomic mass is 16.5. The van der Waals surface area contributed by atoms with Crippen LogP contribution in [0.5, 0.6) is 0 Å². The molecule has 1 unspecified atom stereocenters. The van der Waals surface area contributed by atoms with Gasteiger partial charge in [-0.1, -0.05) is 0 Å². The Morgan fingerprint density at radius 2 is 2.08 bits per heavy atom. The molecule has 0 radical (unpaired) electrons. The third-order valence-electron chi connectivity index (χ3n) is 2.44. The summed E-state index contributed by atoms with van der Waals surface area (Å²) in [5.74, 6) is -0.0436. The molecular weight excluding hydrogens is 168 g/mol. The summed E-state index contributed by atoms with van der Waals surface area (Å²) in [5, 5.41) is 0. The smallest absolute Gasteiger partial charge is 0.251 e. The van der Waals surface area contributed by atoms with E-state index in [1.807, 2.05) is 13.8 Å². The molecule has 0 aromatic rings. The van der Waals surface area contributed by atoms with E-state index in [1.165, 1.54) is 7.11 Å². The second-order valence-electron chi connectivity index (χ2n) is 3.79. The Bertz CT molecular complexity index is 180. The van der Waals surface area contributed by atoms with Gasteiger partial charge >= 0.3 is 0 Å². The zero-order valence-electron chi connectivity index (χ0n) is 9.13. The zero-order chi connectivity index (χ0) is 10.6. The zero-order valence-corrected chi connectivity index (χ0v) is 9.13. The molecule has 0 aliphatic rings. The number of rotatable bonds is 4. The summed E-state index contributed by atoms with van der Waals surface area (Å²) in [6.45, 7) is 6.01. The minimum Gasteiger partial charge on any atom is -0.372 e. The number of likely N-dealkylation sites (N-methyl/N-ethyl adjacent to an activating group) is 1. The lowest BCUT2D eigenvalue weighted by Gasteiger charge is -2.35. The number of methoxy groups -OCH3 is 1. The summed E-state index contributed by atoms with van der Waals surface area (Å²) in [6.07, 6.45) is -0.407. The van der Waals surface area contributed by atoms with Crippen molar-refractivity contribution in [1.82, 2.24) is 4.90 Å². The third-order valence-corrected chi connectivity index (χ3v) is 2.44. The first-order valence-corrected chi connectivity index (χ1v) is 4.37. The van der Waals surface area contributed by atoms with Crippen molar-refractivity contribution >= 4 is 5.91 Å². The van der Waals surface area contributed by atoms with Gasteiger partial charge in [0.25, 0.3) is 5.91 Å². The van der Waals surface area contributed by atoms with Gasteiger partial charge in [-0.25, -0.2) is 0 Å². The van der Waals surface area contributed by atoms with Gasteiger partial charge in [0.15, 0.2) is 0 Å². The van der Waals surface area contributed by atoms with E-state index >= 15 is 0 Å². The molecule has 0 aliphatic carbocycles. The van der Waals surface area contributed by atoms with E-state index < -0.39 is 6.10 Å². The number of carbonyl (C=O) groups is 1. The first-order valence-electron chi connectivity index (χ1n) is 4.37. The number of amides is 1. The van der Waals surface area contributed by atoms with Gasteiger partial charge in [-0.05, 0) is 20.8 Å². The summed E-state index contributed by atoms with van der Waals surface area (Å²) >= 11 is 0. The molecule has 1 amide bonds. The highest BCUT2D eigenvalue weighted by Crippen LogP contribution is 2.12. The summed E-state index contributed by atoms with van der Waals surface area (Å²) in [5.41, 5.74) is 5.24. The second-order valence-corrected chi connectivity index (χ2v) is 3.79. The molecule has 4 heteroatoms. The van der Waals surface area contributed by atoms with Crippen LogP contribution in [0.25, 0.3) is 0 Å². The van der Waals surface area contributed by atoms with Gasteiger partial charge in [0.1, 0.15) is 6.10 Å². The lowest BCUT2D eigenvalue weighted by Crippen LogP contribution is -2.52. The predicted octanol–water partition coefficient (Wildman–Crippen LogP) is 0.217. The van der Waals surface area contributed by atoms with E-state index in [4.69, 9.17) is 10.5 Å². The van der Waals surface area contributed by atoms with Crippen LogP contribution >= 0.6 is 0 Å². The molecule has 0 fully saturated rings. The van der Waals surface area contributed by atoms with Crippen LogP contribution in [0, 0.1) is 0 Å². The van der Waals surface area contributed by atoms with Gasteiger partial charge in [0, 0.05) is 26.2 Å². The van der Waals surface area contributed by atoms with Crippen molar-refractivity contribution in [2.75, 3.05) is 20.7 Å². The Morgan fingerprint density at radius 3 is 2.38 bits per heavy atom. The van der Waals surface area contributed by atoms with E-state index in [9.17, 15) is 4.79 Å². The largest absolute Gasteiger partial charge is 0.372 e. The number of hydrogen-bond donors (Lipinski definition) is 1. The number of carbonyl (C=O) groups excluding carboxylic acids is 1. The molecule has 0 rings (SSSR count). The van der Waals surface area contributed by atoms with Crippen molar-refractivity contribution in [3.63, 3.8) is 0 Å². The van der Waals surface area contributed by atoms with E-state index in [1.54, 1.807) is 18.9 Å². The first kappa shape index (κ1) is 12.4. The van der Waals surface area contributed by atoms with Crippen LogP contribution in [0.4, 0.5) is 0 Å². The fourth-order valence-corrected chi connectivity index (χ4v) is 0.809. The summed E-state index contributed by atoms with van der Waals surface area (Å²) in [6, 6.07) is 0. The topological polar surface area (TPSA) is 55.6 Å². The highest BCUT2D eigenvalue weighted by Gasteiger charge is 2.28. The SMILES string of the molecule is COC(C)C(=O)N(C)C(C)(C)CN. The molecule has 0 saturated heterocycles. The number of nitrogens with zero attached hydrogens (tertiary/aromatic N) is 1. The number of hydrogen-bond acceptors (Lipinski definition) is 3. The molecule has 78 valence electrons. The maximum atomic E-state index is 11.6. The van der Waals surface area contributed by atoms with E-state index in [2.05, 4.69) is 0 Å². The van der Waals surface area contributed by atoms with Crippen molar-refractivity contribution in [3.8, 4) is 0 Å². The minimum absolute atomic E-state index is 0.0436. The maximum absolute atomic E-state index is 11.6. The van der Waals surface area contributed by atoms with Crippen molar-refractivity contribution in [3.05, 3.63) is 0 Å². The Labute approximate surface area is 80.0 Å². The van der Waals surface area contributed by atoms with Gasteiger partial charge in [0.2, 0.25) is 0 Å². The maximum Gasteiger partial charge on any atom is 0.251 e. The Kier molecular flexibility index (Phi) is 4.36. The van der Waals surface area contributed by atoms with Crippen molar-refractivity contribution < 1.29 is 9.53 Å². The van der Waals surface area contributed by atoms with Crippen LogP contribution in [0.3, 0.4) is 0 Å². The van der Waals surface area contributed by atoms with Crippen LogP contribution in [0.1, 0.15) is 20.8 Å². The van der Waals surface area contributed by atoms with Crippen LogP contribution in [-0.4, -0.2) is 43.2 Å². The molecule has 0 aliphatic heterocycles. The molecule has 0 aromatic heterocycles. The monoisotopic (exact) mass is 188 g/mol. The van der Waals surface area contributed by atoms with Gasteiger partial charge in [0.05, 0.1) is 0 Å². The normalized spacial score (nSPS) is 14.0. The number of ether oxygens (including phenoxy) is 1. The van der Waals surface area contributed by atoms with Gasteiger partial charge in [-0.15, -0.1) is 0 Å². The molecule has 0 saturated carbocycles. The molecule has 1 atom stereocenters. The Hall–Kier alpha value is -0.610. The van der Waals surface area contributed by atoms with E-state index in [0.717, 1.165) is 0 Å². The molecule has 13 heavy (non-hydrogen) atoms. The van der Waals surface area contributed by atoms with Crippen molar-refractivity contribution in [2.24, 2.45) is 5.73 Å². The molecule has 0 bridgehead atoms.